The molecule has 16 aromatic rings. The largest absolute Gasteiger partial charge is 0.309 e. The average Bonchev–Trinajstić information content (AvgIpc) is 4.18. The Labute approximate surface area is 434 Å². The van der Waals surface area contributed by atoms with Crippen molar-refractivity contribution in [2.75, 3.05) is 0 Å². The highest BCUT2D eigenvalue weighted by atomic mass is 32.1. The standard InChI is InChI=1S/C69H41N5S/c1-3-16-42(17-4-1)67-70-68(43-18-5-2-6-19-43)72-69(71-67)45-30-34-51-49-20-7-8-21-50(49)52-35-32-46(40-58(52)57(51)39-45)73-62-28-13-10-23-54(62)60-41-47(33-37-64(60)73)74-61-27-12-9-22-53(61)59-38-44(31-36-63(59)74)48-25-15-26-56-55-24-11-14-29-65(55)75-66(48)56/h1-41H. The van der Waals surface area contributed by atoms with E-state index in [2.05, 4.69) is 221 Å². The molecule has 0 N–H and O–H groups in total. The summed E-state index contributed by atoms with van der Waals surface area (Å²) < 4.78 is 7.54. The maximum Gasteiger partial charge on any atom is 0.164 e. The lowest BCUT2D eigenvalue weighted by atomic mass is 9.93. The van der Waals surface area contributed by atoms with Crippen molar-refractivity contribution in [1.82, 2.24) is 24.1 Å². The Bertz CT molecular complexity index is 4950. The molecule has 0 spiro atoms. The zero-order valence-corrected chi connectivity index (χ0v) is 41.1. The van der Waals surface area contributed by atoms with Gasteiger partial charge in [0, 0.05) is 69.8 Å². The minimum Gasteiger partial charge on any atom is -0.309 e. The van der Waals surface area contributed by atoms with Gasteiger partial charge in [-0.05, 0) is 110 Å². The van der Waals surface area contributed by atoms with Gasteiger partial charge in [-0.1, -0.05) is 182 Å². The summed E-state index contributed by atoms with van der Waals surface area (Å²) in [5.41, 5.74) is 12.2. The van der Waals surface area contributed by atoms with Crippen molar-refractivity contribution in [3.63, 3.8) is 0 Å². The predicted molar refractivity (Wildman–Crippen MR) is 316 cm³/mol. The van der Waals surface area contributed by atoms with Crippen LogP contribution in [0.3, 0.4) is 0 Å². The van der Waals surface area contributed by atoms with Crippen molar-refractivity contribution in [1.29, 1.82) is 0 Å². The smallest absolute Gasteiger partial charge is 0.164 e. The van der Waals surface area contributed by atoms with Crippen LogP contribution in [-0.2, 0) is 0 Å². The molecule has 0 saturated carbocycles. The lowest BCUT2D eigenvalue weighted by Crippen LogP contribution is -2.00. The Morgan fingerprint density at radius 3 is 1.33 bits per heavy atom. The van der Waals surface area contributed by atoms with E-state index in [1.807, 2.05) is 47.7 Å². The molecule has 75 heavy (non-hydrogen) atoms. The number of para-hydroxylation sites is 2. The van der Waals surface area contributed by atoms with Gasteiger partial charge in [-0.25, -0.2) is 15.0 Å². The molecule has 0 radical (unpaired) electrons. The van der Waals surface area contributed by atoms with Gasteiger partial charge in [0.2, 0.25) is 0 Å². The zero-order valence-electron chi connectivity index (χ0n) is 40.3. The molecule has 0 bridgehead atoms. The van der Waals surface area contributed by atoms with E-state index in [0.717, 1.165) is 44.5 Å². The first-order valence-corrected chi connectivity index (χ1v) is 26.2. The highest BCUT2D eigenvalue weighted by Gasteiger charge is 2.20. The van der Waals surface area contributed by atoms with Crippen molar-refractivity contribution in [3.8, 4) is 56.7 Å². The lowest BCUT2D eigenvalue weighted by molar-refractivity contribution is 1.07. The Kier molecular flexibility index (Phi) is 9.14. The van der Waals surface area contributed by atoms with Crippen molar-refractivity contribution in [2.45, 2.75) is 0 Å². The van der Waals surface area contributed by atoms with Gasteiger partial charge in [0.25, 0.3) is 0 Å². The second-order valence-electron chi connectivity index (χ2n) is 19.5. The number of aromatic nitrogens is 5. The van der Waals surface area contributed by atoms with Crippen LogP contribution in [0.25, 0.3) is 153 Å². The summed E-state index contributed by atoms with van der Waals surface area (Å²) in [5.74, 6) is 1.92. The van der Waals surface area contributed by atoms with Crippen LogP contribution in [0.5, 0.6) is 0 Å². The van der Waals surface area contributed by atoms with E-state index in [1.54, 1.807) is 0 Å². The van der Waals surface area contributed by atoms with Crippen LogP contribution >= 0.6 is 11.3 Å². The number of hydrogen-bond donors (Lipinski definition) is 0. The van der Waals surface area contributed by atoms with Gasteiger partial charge in [-0.3, -0.25) is 0 Å². The Morgan fingerprint density at radius 2 is 0.680 bits per heavy atom. The fourth-order valence-corrected chi connectivity index (χ4v) is 13.2. The van der Waals surface area contributed by atoms with Gasteiger partial charge in [-0.2, -0.15) is 0 Å². The first kappa shape index (κ1) is 41.8. The molecule has 5 nitrogen and oxygen atoms in total. The quantitative estimate of drug-likeness (QED) is 0.156. The van der Waals surface area contributed by atoms with Crippen LogP contribution in [0.4, 0.5) is 0 Å². The highest BCUT2D eigenvalue weighted by molar-refractivity contribution is 7.26. The van der Waals surface area contributed by atoms with Crippen LogP contribution in [0, 0.1) is 0 Å². The first-order valence-electron chi connectivity index (χ1n) is 25.4. The van der Waals surface area contributed by atoms with E-state index in [0.29, 0.717) is 17.5 Å². The molecular formula is C69H41N5S. The topological polar surface area (TPSA) is 48.5 Å². The van der Waals surface area contributed by atoms with E-state index < -0.39 is 0 Å². The van der Waals surface area contributed by atoms with Gasteiger partial charge in [0.05, 0.1) is 22.1 Å². The van der Waals surface area contributed by atoms with Gasteiger partial charge < -0.3 is 9.13 Å². The molecule has 0 atom stereocenters. The molecule has 16 rings (SSSR count). The van der Waals surface area contributed by atoms with Gasteiger partial charge in [-0.15, -0.1) is 11.3 Å². The summed E-state index contributed by atoms with van der Waals surface area (Å²) >= 11 is 1.88. The summed E-state index contributed by atoms with van der Waals surface area (Å²) in [6, 6.07) is 90.0. The van der Waals surface area contributed by atoms with Crippen LogP contribution in [0.2, 0.25) is 0 Å². The van der Waals surface area contributed by atoms with Gasteiger partial charge >= 0.3 is 0 Å². The first-order chi connectivity index (χ1) is 37.2. The van der Waals surface area contributed by atoms with Crippen LogP contribution < -0.4 is 0 Å². The molecule has 6 heteroatoms. The van der Waals surface area contributed by atoms with Crippen molar-refractivity contribution in [3.05, 3.63) is 249 Å². The van der Waals surface area contributed by atoms with Crippen molar-refractivity contribution in [2.24, 2.45) is 0 Å². The number of nitrogens with zero attached hydrogens (tertiary/aromatic N) is 5. The molecule has 4 aromatic heterocycles. The van der Waals surface area contributed by atoms with Crippen molar-refractivity contribution < 1.29 is 0 Å². The number of fused-ring (bicyclic) bond motifs is 15. The molecule has 0 amide bonds. The molecular weight excluding hydrogens is 931 g/mol. The van der Waals surface area contributed by atoms with Crippen LogP contribution in [0.1, 0.15) is 0 Å². The molecule has 348 valence electrons. The fraction of sp³-hybridized carbons (Fsp3) is 0. The second kappa shape index (κ2) is 16.4. The van der Waals surface area contributed by atoms with Gasteiger partial charge in [0.15, 0.2) is 17.5 Å². The third kappa shape index (κ3) is 6.46. The van der Waals surface area contributed by atoms with E-state index >= 15 is 0 Å². The Hall–Kier alpha value is -9.75. The molecule has 0 fully saturated rings. The number of hydrogen-bond acceptors (Lipinski definition) is 4. The molecule has 0 aliphatic rings. The maximum absolute atomic E-state index is 5.14. The van der Waals surface area contributed by atoms with E-state index in [4.69, 9.17) is 15.0 Å². The summed E-state index contributed by atoms with van der Waals surface area (Å²) in [5, 5.41) is 14.6. The summed E-state index contributed by atoms with van der Waals surface area (Å²) in [6.07, 6.45) is 0. The molecule has 0 unspecified atom stereocenters. The van der Waals surface area contributed by atoms with E-state index in [9.17, 15) is 0 Å². The molecule has 4 heterocycles. The lowest BCUT2D eigenvalue weighted by Gasteiger charge is -2.15. The van der Waals surface area contributed by atoms with E-state index in [1.165, 1.54) is 90.8 Å². The SMILES string of the molecule is c1ccc(-c2nc(-c3ccccc3)nc(-c3ccc4c5ccccc5c5ccc(-n6c7ccccc7c7cc(-n8c9ccccc9c9cc(-c%10cccc%11c%10sc%10ccccc%10%11)ccc98)ccc76)cc5c4c3)n2)cc1. The average molecular weight is 972 g/mol. The van der Waals surface area contributed by atoms with Gasteiger partial charge in [0.1, 0.15) is 0 Å². The molecule has 12 aromatic carbocycles. The second-order valence-corrected chi connectivity index (χ2v) is 20.5. The highest BCUT2D eigenvalue weighted by Crippen LogP contribution is 2.44. The monoisotopic (exact) mass is 971 g/mol. The third-order valence-electron chi connectivity index (χ3n) is 15.3. The molecule has 0 aliphatic carbocycles. The van der Waals surface area contributed by atoms with E-state index in [-0.39, 0.29) is 0 Å². The number of rotatable bonds is 6. The van der Waals surface area contributed by atoms with Crippen LogP contribution in [-0.4, -0.2) is 24.1 Å². The molecule has 0 aliphatic heterocycles. The predicted octanol–water partition coefficient (Wildman–Crippen LogP) is 18.6. The molecule has 0 saturated heterocycles. The zero-order chi connectivity index (χ0) is 49.1. The Morgan fingerprint density at radius 1 is 0.253 bits per heavy atom. The Balaban J connectivity index is 0.870. The maximum atomic E-state index is 5.14. The minimum atomic E-state index is 0.633. The third-order valence-corrected chi connectivity index (χ3v) is 16.6. The summed E-state index contributed by atoms with van der Waals surface area (Å²) in [4.78, 5) is 15.3. The minimum absolute atomic E-state index is 0.633. The number of benzene rings is 12. The fourth-order valence-electron chi connectivity index (χ4n) is 11.9. The number of thiophene rings is 1. The summed E-state index contributed by atoms with van der Waals surface area (Å²) in [7, 11) is 0. The normalized spacial score (nSPS) is 12.0. The van der Waals surface area contributed by atoms with Crippen LogP contribution in [0.15, 0.2) is 249 Å². The summed E-state index contributed by atoms with van der Waals surface area (Å²) in [6.45, 7) is 0. The van der Waals surface area contributed by atoms with Crippen molar-refractivity contribution >= 4 is 107 Å².